The summed E-state index contributed by atoms with van der Waals surface area (Å²) in [6.45, 7) is 1.32. The Morgan fingerprint density at radius 3 is 1.93 bits per heavy atom. The third-order valence-electron chi connectivity index (χ3n) is 5.26. The summed E-state index contributed by atoms with van der Waals surface area (Å²) in [7, 11) is -0.429. The van der Waals surface area contributed by atoms with Gasteiger partial charge in [0.1, 0.15) is 11.5 Å². The number of para-hydroxylation sites is 2. The minimum Gasteiger partial charge on any atom is -0.457 e. The van der Waals surface area contributed by atoms with Crippen LogP contribution in [0.4, 0.5) is 0 Å². The summed E-state index contributed by atoms with van der Waals surface area (Å²) >= 11 is 0. The largest absolute Gasteiger partial charge is 0.457 e. The smallest absolute Gasteiger partial charge is 0.281 e. The molecule has 28 heavy (non-hydrogen) atoms. The zero-order valence-corrected chi connectivity index (χ0v) is 16.7. The Labute approximate surface area is 165 Å². The Morgan fingerprint density at radius 1 is 0.929 bits per heavy atom. The first-order chi connectivity index (χ1) is 13.4. The van der Waals surface area contributed by atoms with E-state index < -0.39 is 16.1 Å². The van der Waals surface area contributed by atoms with Gasteiger partial charge in [-0.25, -0.2) is 0 Å². The van der Waals surface area contributed by atoms with Gasteiger partial charge in [0, 0.05) is 51.4 Å². The molecule has 0 N–H and O–H groups in total. The van der Waals surface area contributed by atoms with Crippen LogP contribution >= 0.6 is 0 Å². The second kappa shape index (κ2) is 7.20. The number of benzene rings is 2. The first-order valence-electron chi connectivity index (χ1n) is 9.21. The van der Waals surface area contributed by atoms with Gasteiger partial charge in [-0.1, -0.05) is 36.4 Å². The quantitative estimate of drug-likeness (QED) is 0.787. The maximum absolute atomic E-state index is 13.5. The molecule has 1 saturated heterocycles. The molecule has 0 saturated carbocycles. The third-order valence-corrected chi connectivity index (χ3v) is 7.21. The first-order valence-corrected chi connectivity index (χ1v) is 10.6. The van der Waals surface area contributed by atoms with E-state index in [1.165, 1.54) is 22.7 Å². The van der Waals surface area contributed by atoms with E-state index >= 15 is 0 Å². The van der Waals surface area contributed by atoms with E-state index in [1.54, 1.807) is 4.90 Å². The molecule has 148 valence electrons. The summed E-state index contributed by atoms with van der Waals surface area (Å²) in [4.78, 5) is 15.2. The van der Waals surface area contributed by atoms with Crippen molar-refractivity contribution in [3.63, 3.8) is 0 Å². The van der Waals surface area contributed by atoms with Crippen molar-refractivity contribution in [1.29, 1.82) is 0 Å². The van der Waals surface area contributed by atoms with Crippen molar-refractivity contribution in [2.75, 3.05) is 40.3 Å². The van der Waals surface area contributed by atoms with Crippen LogP contribution in [0.5, 0.6) is 11.5 Å². The van der Waals surface area contributed by atoms with Gasteiger partial charge in [0.25, 0.3) is 10.2 Å². The van der Waals surface area contributed by atoms with Crippen LogP contribution in [0.2, 0.25) is 0 Å². The standard InChI is InChI=1S/C20H23N3O4S/c1-21(2)28(25,26)23-13-11-22(12-14-23)20(24)19-15-7-3-5-9-17(15)27-18-10-6-4-8-16(18)19/h3-10,19H,11-14H2,1-2H3. The molecular weight excluding hydrogens is 378 g/mol. The average molecular weight is 401 g/mol. The Morgan fingerprint density at radius 2 is 1.43 bits per heavy atom. The highest BCUT2D eigenvalue weighted by atomic mass is 32.2. The minimum absolute atomic E-state index is 0.0231. The lowest BCUT2D eigenvalue weighted by atomic mass is 9.86. The van der Waals surface area contributed by atoms with Crippen LogP contribution in [-0.4, -0.2) is 68.1 Å². The number of carbonyl (C=O) groups is 1. The highest BCUT2D eigenvalue weighted by Gasteiger charge is 2.37. The van der Waals surface area contributed by atoms with Gasteiger partial charge in [0.2, 0.25) is 5.91 Å². The number of fused-ring (bicyclic) bond motifs is 2. The highest BCUT2D eigenvalue weighted by Crippen LogP contribution is 2.44. The summed E-state index contributed by atoms with van der Waals surface area (Å²) in [5.41, 5.74) is 1.68. The molecule has 0 unspecified atom stereocenters. The van der Waals surface area contributed by atoms with Crippen LogP contribution < -0.4 is 4.74 Å². The fourth-order valence-corrected chi connectivity index (χ4v) is 4.82. The summed E-state index contributed by atoms with van der Waals surface area (Å²) in [6, 6.07) is 15.1. The van der Waals surface area contributed by atoms with E-state index in [-0.39, 0.29) is 5.91 Å². The second-order valence-corrected chi connectivity index (χ2v) is 9.27. The molecule has 2 aromatic rings. The van der Waals surface area contributed by atoms with E-state index in [0.717, 1.165) is 11.1 Å². The predicted octanol–water partition coefficient (Wildman–Crippen LogP) is 1.87. The van der Waals surface area contributed by atoms with Crippen molar-refractivity contribution in [2.24, 2.45) is 0 Å². The number of nitrogens with zero attached hydrogens (tertiary/aromatic N) is 3. The number of ether oxygens (including phenoxy) is 1. The Balaban J connectivity index is 1.60. The molecule has 0 radical (unpaired) electrons. The monoisotopic (exact) mass is 401 g/mol. The van der Waals surface area contributed by atoms with Crippen LogP contribution in [0.15, 0.2) is 48.5 Å². The molecular formula is C20H23N3O4S. The molecule has 1 fully saturated rings. The molecule has 0 aromatic heterocycles. The van der Waals surface area contributed by atoms with Crippen molar-refractivity contribution in [3.8, 4) is 11.5 Å². The van der Waals surface area contributed by atoms with E-state index in [4.69, 9.17) is 4.74 Å². The number of carbonyl (C=O) groups excluding carboxylic acids is 1. The Kier molecular flexibility index (Phi) is 4.86. The van der Waals surface area contributed by atoms with Crippen LogP contribution in [0, 0.1) is 0 Å². The molecule has 0 aliphatic carbocycles. The van der Waals surface area contributed by atoms with Gasteiger partial charge in [0.05, 0.1) is 5.92 Å². The molecule has 1 amide bonds. The van der Waals surface area contributed by atoms with Gasteiger partial charge < -0.3 is 9.64 Å². The first kappa shape index (κ1) is 18.9. The molecule has 2 heterocycles. The van der Waals surface area contributed by atoms with E-state index in [2.05, 4.69) is 0 Å². The topological polar surface area (TPSA) is 70.2 Å². The molecule has 0 atom stereocenters. The molecule has 0 spiro atoms. The average Bonchev–Trinajstić information content (AvgIpc) is 2.71. The van der Waals surface area contributed by atoms with Crippen molar-refractivity contribution < 1.29 is 17.9 Å². The lowest BCUT2D eigenvalue weighted by molar-refractivity contribution is -0.133. The van der Waals surface area contributed by atoms with E-state index in [9.17, 15) is 13.2 Å². The van der Waals surface area contributed by atoms with Gasteiger partial charge in [-0.2, -0.15) is 17.0 Å². The lowest BCUT2D eigenvalue weighted by Gasteiger charge is -2.38. The summed E-state index contributed by atoms with van der Waals surface area (Å²) in [5.74, 6) is 0.907. The normalized spacial score (nSPS) is 17.8. The van der Waals surface area contributed by atoms with Crippen LogP contribution in [0.3, 0.4) is 0 Å². The number of piperazine rings is 1. The van der Waals surface area contributed by atoms with Crippen molar-refractivity contribution in [1.82, 2.24) is 13.5 Å². The van der Waals surface area contributed by atoms with E-state index in [1.807, 2.05) is 48.5 Å². The highest BCUT2D eigenvalue weighted by molar-refractivity contribution is 7.86. The summed E-state index contributed by atoms with van der Waals surface area (Å²) < 4.78 is 33.2. The Bertz CT molecular complexity index is 953. The van der Waals surface area contributed by atoms with Crippen LogP contribution in [0.25, 0.3) is 0 Å². The van der Waals surface area contributed by atoms with Gasteiger partial charge in [-0.3, -0.25) is 4.79 Å². The SMILES string of the molecule is CN(C)S(=O)(=O)N1CCN(C(=O)C2c3ccccc3Oc3ccccc32)CC1. The maximum Gasteiger partial charge on any atom is 0.281 e. The van der Waals surface area contributed by atoms with Crippen molar-refractivity contribution in [3.05, 3.63) is 59.7 Å². The lowest BCUT2D eigenvalue weighted by Crippen LogP contribution is -2.54. The fourth-order valence-electron chi connectivity index (χ4n) is 3.73. The molecule has 2 aliphatic heterocycles. The van der Waals surface area contributed by atoms with Crippen LogP contribution in [0.1, 0.15) is 17.0 Å². The molecule has 7 nitrogen and oxygen atoms in total. The van der Waals surface area contributed by atoms with Crippen molar-refractivity contribution in [2.45, 2.75) is 5.92 Å². The van der Waals surface area contributed by atoms with Gasteiger partial charge in [-0.15, -0.1) is 0 Å². The second-order valence-electron chi connectivity index (χ2n) is 7.13. The summed E-state index contributed by atoms with van der Waals surface area (Å²) in [6.07, 6.45) is 0. The molecule has 4 rings (SSSR count). The van der Waals surface area contributed by atoms with Crippen molar-refractivity contribution >= 4 is 16.1 Å². The molecule has 2 aromatic carbocycles. The summed E-state index contributed by atoms with van der Waals surface area (Å²) in [5, 5.41) is 0. The zero-order valence-electron chi connectivity index (χ0n) is 15.9. The fraction of sp³-hybridized carbons (Fsp3) is 0.350. The number of rotatable bonds is 3. The molecule has 0 bridgehead atoms. The number of hydrogen-bond donors (Lipinski definition) is 0. The maximum atomic E-state index is 13.5. The van der Waals surface area contributed by atoms with Gasteiger partial charge in [-0.05, 0) is 12.1 Å². The molecule has 8 heteroatoms. The number of hydrogen-bond acceptors (Lipinski definition) is 4. The van der Waals surface area contributed by atoms with E-state index in [0.29, 0.717) is 37.7 Å². The zero-order chi connectivity index (χ0) is 19.9. The Hall–Kier alpha value is -2.42. The number of amides is 1. The third kappa shape index (κ3) is 3.17. The van der Waals surface area contributed by atoms with Crippen LogP contribution in [-0.2, 0) is 15.0 Å². The van der Waals surface area contributed by atoms with Gasteiger partial charge >= 0.3 is 0 Å². The minimum atomic E-state index is -3.46. The molecule has 2 aliphatic rings. The predicted molar refractivity (Wildman–Crippen MR) is 106 cm³/mol. The van der Waals surface area contributed by atoms with Gasteiger partial charge in [0.15, 0.2) is 0 Å².